The van der Waals surface area contributed by atoms with E-state index < -0.39 is 0 Å². The zero-order chi connectivity index (χ0) is 14.7. The molecule has 0 amide bonds. The second-order valence-electron chi connectivity index (χ2n) is 2.40. The molecule has 0 atom stereocenters. The number of rotatable bonds is 4. The van der Waals surface area contributed by atoms with Crippen LogP contribution in [0.25, 0.3) is 0 Å². The van der Waals surface area contributed by atoms with Gasteiger partial charge in [-0.2, -0.15) is 0 Å². The Morgan fingerprint density at radius 2 is 1.18 bits per heavy atom. The van der Waals surface area contributed by atoms with E-state index in [0.29, 0.717) is 0 Å². The van der Waals surface area contributed by atoms with E-state index in [4.69, 9.17) is 9.59 Å². The first-order valence-electron chi connectivity index (χ1n) is 4.99. The number of carbonyl (C=O) groups excluding carboxylic acids is 2. The molecule has 4 heteroatoms. The smallest absolute Gasteiger partial charge is 0.106 e. The van der Waals surface area contributed by atoms with Gasteiger partial charge in [-0.1, -0.05) is 39.2 Å². The second-order valence-corrected chi connectivity index (χ2v) is 2.40. The maximum Gasteiger partial charge on any atom is 0.106 e. The van der Waals surface area contributed by atoms with Crippen LogP contribution in [0.2, 0.25) is 0 Å². The molecular weight excluding hydrogens is 218 g/mol. The summed E-state index contributed by atoms with van der Waals surface area (Å²) in [5, 5.41) is 0. The summed E-state index contributed by atoms with van der Waals surface area (Å²) in [6.45, 7) is 15.8. The molecule has 0 bridgehead atoms. The van der Waals surface area contributed by atoms with Crippen molar-refractivity contribution in [3.8, 4) is 0 Å². The van der Waals surface area contributed by atoms with Gasteiger partial charge in [0, 0.05) is 0 Å². The topological polar surface area (TPSA) is 69.4 Å². The van der Waals surface area contributed by atoms with Gasteiger partial charge in [-0.25, -0.2) is 5.90 Å². The third-order valence-electron chi connectivity index (χ3n) is 1.67. The van der Waals surface area contributed by atoms with Gasteiger partial charge in [0.05, 0.1) is 7.11 Å². The van der Waals surface area contributed by atoms with Crippen molar-refractivity contribution in [2.75, 3.05) is 7.11 Å². The van der Waals surface area contributed by atoms with Gasteiger partial charge in [0.2, 0.25) is 0 Å². The van der Waals surface area contributed by atoms with Crippen molar-refractivity contribution in [1.29, 1.82) is 0 Å². The molecule has 0 aliphatic heterocycles. The van der Waals surface area contributed by atoms with Crippen LogP contribution < -0.4 is 5.90 Å². The molecule has 0 spiro atoms. The number of nitrogens with two attached hydrogens (primary N) is 1. The van der Waals surface area contributed by atoms with Crippen LogP contribution in [0.15, 0.2) is 36.5 Å². The van der Waals surface area contributed by atoms with Gasteiger partial charge in [-0.15, -0.1) is 0 Å². The average molecular weight is 243 g/mol. The van der Waals surface area contributed by atoms with Gasteiger partial charge in [0.15, 0.2) is 0 Å². The van der Waals surface area contributed by atoms with E-state index in [-0.39, 0.29) is 0 Å². The third kappa shape index (κ3) is 20.5. The highest BCUT2D eigenvalue weighted by Crippen LogP contribution is 2.13. The Morgan fingerprint density at radius 3 is 1.24 bits per heavy atom. The quantitative estimate of drug-likeness (QED) is 0.608. The van der Waals surface area contributed by atoms with Crippen molar-refractivity contribution >= 4 is 13.6 Å². The minimum atomic E-state index is 1.05. The summed E-state index contributed by atoms with van der Waals surface area (Å²) >= 11 is 0. The van der Waals surface area contributed by atoms with Gasteiger partial charge in [-0.3, -0.25) is 0 Å². The van der Waals surface area contributed by atoms with E-state index in [1.54, 1.807) is 0 Å². The molecule has 0 radical (unpaired) electrons. The van der Waals surface area contributed by atoms with Crippen LogP contribution in [0.4, 0.5) is 0 Å². The van der Waals surface area contributed by atoms with E-state index in [1.165, 1.54) is 18.3 Å². The summed E-state index contributed by atoms with van der Waals surface area (Å²) in [6, 6.07) is 0. The lowest BCUT2D eigenvalue weighted by Gasteiger charge is -2.02. The molecule has 0 aromatic rings. The molecule has 0 saturated heterocycles. The monoisotopic (exact) mass is 243 g/mol. The number of hydrogen-bond donors (Lipinski definition) is 1. The molecule has 17 heavy (non-hydrogen) atoms. The lowest BCUT2D eigenvalue weighted by molar-refractivity contribution is -0.0987. The van der Waals surface area contributed by atoms with Crippen molar-refractivity contribution in [3.05, 3.63) is 36.5 Å². The highest BCUT2D eigenvalue weighted by Gasteiger charge is 1.93. The van der Waals surface area contributed by atoms with E-state index >= 15 is 0 Å². The lowest BCUT2D eigenvalue weighted by Crippen LogP contribution is -1.86. The molecule has 4 nitrogen and oxygen atoms in total. The van der Waals surface area contributed by atoms with Crippen LogP contribution in [0.5, 0.6) is 0 Å². The molecule has 0 saturated carbocycles. The normalized spacial score (nSPS) is 8.71. The molecule has 0 aromatic carbocycles. The molecule has 0 aliphatic carbocycles. The molecule has 0 aromatic heterocycles. The van der Waals surface area contributed by atoms with Crippen molar-refractivity contribution in [2.24, 2.45) is 5.90 Å². The molecular formula is C13H25NO3. The van der Waals surface area contributed by atoms with Gasteiger partial charge < -0.3 is 14.4 Å². The SMILES string of the molecule is C=C/C(CC)=C(\C=C)CC.C=O.C=O.CON. The Hall–Kier alpha value is -1.52. The number of hydrogen-bond acceptors (Lipinski definition) is 4. The first-order chi connectivity index (χ1) is 8.21. The third-order valence-corrected chi connectivity index (χ3v) is 1.67. The zero-order valence-electron chi connectivity index (χ0n) is 11.2. The average Bonchev–Trinajstić information content (AvgIpc) is 2.41. The summed E-state index contributed by atoms with van der Waals surface area (Å²) < 4.78 is 0. The fraction of sp³-hybridized carbons (Fsp3) is 0.385. The first-order valence-corrected chi connectivity index (χ1v) is 4.99. The van der Waals surface area contributed by atoms with Gasteiger partial charge in [-0.05, 0) is 24.0 Å². The summed E-state index contributed by atoms with van der Waals surface area (Å²) in [5.74, 6) is 4.35. The van der Waals surface area contributed by atoms with Crippen LogP contribution in [-0.4, -0.2) is 20.7 Å². The van der Waals surface area contributed by atoms with Gasteiger partial charge in [0.1, 0.15) is 13.6 Å². The van der Waals surface area contributed by atoms with Crippen molar-refractivity contribution < 1.29 is 14.4 Å². The van der Waals surface area contributed by atoms with E-state index in [2.05, 4.69) is 37.7 Å². The largest absolute Gasteiger partial charge is 0.308 e. The Balaban J connectivity index is -0.000000102. The summed E-state index contributed by atoms with van der Waals surface area (Å²) in [4.78, 5) is 19.8. The molecule has 0 aliphatic rings. The minimum absolute atomic E-state index is 1.05. The van der Waals surface area contributed by atoms with Crippen LogP contribution in [0.3, 0.4) is 0 Å². The molecule has 2 N–H and O–H groups in total. The minimum Gasteiger partial charge on any atom is -0.308 e. The molecule has 0 heterocycles. The van der Waals surface area contributed by atoms with E-state index in [9.17, 15) is 0 Å². The fourth-order valence-electron chi connectivity index (χ4n) is 1.00. The van der Waals surface area contributed by atoms with Gasteiger partial charge >= 0.3 is 0 Å². The van der Waals surface area contributed by atoms with Crippen molar-refractivity contribution in [3.63, 3.8) is 0 Å². The highest BCUT2D eigenvalue weighted by molar-refractivity contribution is 5.30. The summed E-state index contributed by atoms with van der Waals surface area (Å²) in [6.07, 6.45) is 5.94. The van der Waals surface area contributed by atoms with Crippen molar-refractivity contribution in [1.82, 2.24) is 0 Å². The van der Waals surface area contributed by atoms with Crippen molar-refractivity contribution in [2.45, 2.75) is 26.7 Å². The van der Waals surface area contributed by atoms with Crippen LogP contribution >= 0.6 is 0 Å². The predicted molar refractivity (Wildman–Crippen MR) is 73.4 cm³/mol. The molecule has 100 valence electrons. The summed E-state index contributed by atoms with van der Waals surface area (Å²) in [5.41, 5.74) is 2.63. The maximum atomic E-state index is 8.00. The highest BCUT2D eigenvalue weighted by atomic mass is 16.6. The van der Waals surface area contributed by atoms with Crippen LogP contribution in [0.1, 0.15) is 26.7 Å². The van der Waals surface area contributed by atoms with E-state index in [1.807, 2.05) is 25.7 Å². The predicted octanol–water partition coefficient (Wildman–Crippen LogP) is 2.61. The standard InChI is InChI=1S/C10H16.CH5NO.2CH2O/c1-5-9(6-2)10(7-3)8-4;1-3-2;2*1-2/h5,7H,1,3,6,8H2,2,4H3;2H2,1H3;2*1H2/b10-9-;;;. The summed E-state index contributed by atoms with van der Waals surface area (Å²) in [7, 11) is 1.40. The zero-order valence-corrected chi connectivity index (χ0v) is 11.2. The molecule has 0 fully saturated rings. The van der Waals surface area contributed by atoms with E-state index in [0.717, 1.165) is 12.8 Å². The second kappa shape index (κ2) is 29.3. The van der Waals surface area contributed by atoms with Crippen LogP contribution in [0, 0.1) is 0 Å². The first kappa shape index (κ1) is 24.6. The lowest BCUT2D eigenvalue weighted by atomic mass is 10.0. The fourth-order valence-corrected chi connectivity index (χ4v) is 1.00. The van der Waals surface area contributed by atoms with Crippen LogP contribution in [-0.2, 0) is 14.4 Å². The maximum absolute atomic E-state index is 8.00. The number of carbonyl (C=O) groups is 2. The Kier molecular flexibility index (Phi) is 42.4. The van der Waals surface area contributed by atoms with Gasteiger partial charge in [0.25, 0.3) is 0 Å². The molecule has 0 unspecified atom stereocenters. The Bertz CT molecular complexity index is 181. The molecule has 0 rings (SSSR count). The Morgan fingerprint density at radius 1 is 1.00 bits per heavy atom. The number of allylic oxidation sites excluding steroid dienone is 4. The Labute approximate surface area is 105 Å².